The molecule has 1 N–H and O–H groups in total. The molecule has 0 atom stereocenters. The Bertz CT molecular complexity index is 1590. The zero-order valence-corrected chi connectivity index (χ0v) is 19.1. The summed E-state index contributed by atoms with van der Waals surface area (Å²) in [4.78, 5) is 27.9. The van der Waals surface area contributed by atoms with Crippen LogP contribution in [0.1, 0.15) is 0 Å². The van der Waals surface area contributed by atoms with Crippen LogP contribution < -0.4 is 5.56 Å². The third-order valence-electron chi connectivity index (χ3n) is 6.50. The second-order valence-electron chi connectivity index (χ2n) is 8.76. The van der Waals surface area contributed by atoms with Crippen molar-refractivity contribution in [1.82, 2.24) is 24.4 Å². The molecule has 3 heterocycles. The van der Waals surface area contributed by atoms with Crippen molar-refractivity contribution in [3.05, 3.63) is 83.2 Å². The zero-order chi connectivity index (χ0) is 23.8. The van der Waals surface area contributed by atoms with E-state index in [2.05, 4.69) is 19.9 Å². The van der Waals surface area contributed by atoms with Gasteiger partial charge in [0.1, 0.15) is 11.6 Å². The van der Waals surface area contributed by atoms with Crippen molar-refractivity contribution in [1.29, 1.82) is 0 Å². The number of hydrogen-bond donors (Lipinski definition) is 1. The van der Waals surface area contributed by atoms with Gasteiger partial charge in [0.25, 0.3) is 5.56 Å². The Morgan fingerprint density at radius 2 is 1.71 bits per heavy atom. The highest BCUT2D eigenvalue weighted by molar-refractivity contribution is 5.88. The van der Waals surface area contributed by atoms with Crippen LogP contribution in [-0.2, 0) is 11.3 Å². The number of aromatic amines is 1. The van der Waals surface area contributed by atoms with Gasteiger partial charge in [-0.15, -0.1) is 0 Å². The topological polar surface area (TPSA) is 76.0 Å². The molecule has 0 aliphatic carbocycles. The highest BCUT2D eigenvalue weighted by atomic mass is 19.1. The molecule has 0 unspecified atom stereocenters. The standard InChI is InChI=1S/C27H24FN5O2/c28-21-3-1-2-20(14-21)26-30-24-7-5-19(16-25(24)31-26)18-4-6-23-22(15-18)27(34)33(17-29-23)9-8-32-10-12-35-13-11-32/h1-7,14-17H,8-13H2,(H,30,31). The van der Waals surface area contributed by atoms with Crippen molar-refractivity contribution < 1.29 is 9.13 Å². The summed E-state index contributed by atoms with van der Waals surface area (Å²) in [6.45, 7) is 4.63. The van der Waals surface area contributed by atoms with Crippen molar-refractivity contribution >= 4 is 21.9 Å². The van der Waals surface area contributed by atoms with Crippen molar-refractivity contribution in [3.63, 3.8) is 0 Å². The summed E-state index contributed by atoms with van der Waals surface area (Å²) in [7, 11) is 0. The zero-order valence-electron chi connectivity index (χ0n) is 19.1. The molecule has 0 radical (unpaired) electrons. The van der Waals surface area contributed by atoms with Gasteiger partial charge in [-0.25, -0.2) is 14.4 Å². The molecule has 7 nitrogen and oxygen atoms in total. The van der Waals surface area contributed by atoms with Crippen LogP contribution in [0, 0.1) is 5.82 Å². The van der Waals surface area contributed by atoms with Crippen LogP contribution in [0.25, 0.3) is 44.5 Å². The maximum absolute atomic E-state index is 13.6. The van der Waals surface area contributed by atoms with Gasteiger partial charge in [-0.2, -0.15) is 0 Å². The Balaban J connectivity index is 1.31. The molecule has 3 aromatic carbocycles. The molecule has 0 bridgehead atoms. The number of rotatable bonds is 5. The molecule has 176 valence electrons. The quantitative estimate of drug-likeness (QED) is 0.420. The largest absolute Gasteiger partial charge is 0.379 e. The molecule has 0 saturated carbocycles. The predicted octanol–water partition coefficient (Wildman–Crippen LogP) is 4.08. The van der Waals surface area contributed by atoms with Gasteiger partial charge in [0.05, 0.1) is 41.5 Å². The molecule has 2 aromatic heterocycles. The molecular weight excluding hydrogens is 445 g/mol. The maximum Gasteiger partial charge on any atom is 0.261 e. The van der Waals surface area contributed by atoms with Gasteiger partial charge in [0.15, 0.2) is 0 Å². The second kappa shape index (κ2) is 9.05. The minimum atomic E-state index is -0.302. The summed E-state index contributed by atoms with van der Waals surface area (Å²) in [5, 5.41) is 0.595. The lowest BCUT2D eigenvalue weighted by atomic mass is 10.0. The summed E-state index contributed by atoms with van der Waals surface area (Å²) in [5.41, 5.74) is 4.84. The molecule has 5 aromatic rings. The number of ether oxygens (including phenoxy) is 1. The minimum Gasteiger partial charge on any atom is -0.379 e. The van der Waals surface area contributed by atoms with E-state index in [9.17, 15) is 9.18 Å². The first-order valence-electron chi connectivity index (χ1n) is 11.7. The van der Waals surface area contributed by atoms with Crippen LogP contribution in [0.4, 0.5) is 4.39 Å². The van der Waals surface area contributed by atoms with Gasteiger partial charge < -0.3 is 9.72 Å². The maximum atomic E-state index is 13.6. The van der Waals surface area contributed by atoms with Crippen LogP contribution in [-0.4, -0.2) is 57.3 Å². The molecule has 1 aliphatic rings. The number of aromatic nitrogens is 4. The van der Waals surface area contributed by atoms with E-state index in [1.807, 2.05) is 42.5 Å². The van der Waals surface area contributed by atoms with Crippen LogP contribution in [0.3, 0.4) is 0 Å². The number of nitrogens with one attached hydrogen (secondary N) is 1. The van der Waals surface area contributed by atoms with E-state index in [1.54, 1.807) is 17.0 Å². The monoisotopic (exact) mass is 469 g/mol. The molecule has 0 spiro atoms. The number of benzene rings is 3. The first kappa shape index (κ1) is 21.6. The average Bonchev–Trinajstić information content (AvgIpc) is 3.32. The smallest absolute Gasteiger partial charge is 0.261 e. The Kier molecular flexibility index (Phi) is 5.60. The molecule has 1 saturated heterocycles. The van der Waals surface area contributed by atoms with E-state index in [1.165, 1.54) is 12.1 Å². The summed E-state index contributed by atoms with van der Waals surface area (Å²) >= 11 is 0. The fourth-order valence-corrected chi connectivity index (χ4v) is 4.53. The van der Waals surface area contributed by atoms with Gasteiger partial charge in [0, 0.05) is 31.7 Å². The Labute approximate surface area is 200 Å². The lowest BCUT2D eigenvalue weighted by Gasteiger charge is -2.26. The van der Waals surface area contributed by atoms with Gasteiger partial charge >= 0.3 is 0 Å². The van der Waals surface area contributed by atoms with E-state index in [0.29, 0.717) is 28.8 Å². The number of fused-ring (bicyclic) bond motifs is 2. The molecule has 8 heteroatoms. The van der Waals surface area contributed by atoms with Crippen LogP contribution >= 0.6 is 0 Å². The summed E-state index contributed by atoms with van der Waals surface area (Å²) in [5.74, 6) is 0.312. The average molecular weight is 470 g/mol. The van der Waals surface area contributed by atoms with Gasteiger partial charge in [0.2, 0.25) is 0 Å². The van der Waals surface area contributed by atoms with Gasteiger partial charge in [-0.1, -0.05) is 24.3 Å². The number of imidazole rings is 1. The number of H-pyrrole nitrogens is 1. The van der Waals surface area contributed by atoms with Crippen molar-refractivity contribution in [2.24, 2.45) is 0 Å². The third-order valence-corrected chi connectivity index (χ3v) is 6.50. The van der Waals surface area contributed by atoms with Crippen molar-refractivity contribution in [2.45, 2.75) is 6.54 Å². The Morgan fingerprint density at radius 1 is 0.914 bits per heavy atom. The summed E-state index contributed by atoms with van der Waals surface area (Å²) in [6.07, 6.45) is 1.63. The lowest BCUT2D eigenvalue weighted by molar-refractivity contribution is 0.0362. The van der Waals surface area contributed by atoms with E-state index in [4.69, 9.17) is 4.74 Å². The normalized spacial score (nSPS) is 14.7. The van der Waals surface area contributed by atoms with Crippen LogP contribution in [0.5, 0.6) is 0 Å². The van der Waals surface area contributed by atoms with E-state index in [-0.39, 0.29) is 11.4 Å². The van der Waals surface area contributed by atoms with E-state index < -0.39 is 0 Å². The number of nitrogens with zero attached hydrogens (tertiary/aromatic N) is 4. The highest BCUT2D eigenvalue weighted by Gasteiger charge is 2.13. The molecule has 1 aliphatic heterocycles. The van der Waals surface area contributed by atoms with Crippen molar-refractivity contribution in [3.8, 4) is 22.5 Å². The number of hydrogen-bond acceptors (Lipinski definition) is 5. The molecule has 35 heavy (non-hydrogen) atoms. The first-order chi connectivity index (χ1) is 17.1. The minimum absolute atomic E-state index is 0.0406. The Hall–Kier alpha value is -3.88. The first-order valence-corrected chi connectivity index (χ1v) is 11.7. The van der Waals surface area contributed by atoms with Crippen molar-refractivity contribution in [2.75, 3.05) is 32.8 Å². The number of halogens is 1. The SMILES string of the molecule is O=c1c2cc(-c3ccc4nc(-c5cccc(F)c5)[nH]c4c3)ccc2ncn1CCN1CCOCC1. The lowest BCUT2D eigenvalue weighted by Crippen LogP contribution is -2.39. The second-order valence-corrected chi connectivity index (χ2v) is 8.76. The van der Waals surface area contributed by atoms with E-state index in [0.717, 1.165) is 55.0 Å². The predicted molar refractivity (Wildman–Crippen MR) is 134 cm³/mol. The van der Waals surface area contributed by atoms with E-state index >= 15 is 0 Å². The third kappa shape index (κ3) is 4.34. The van der Waals surface area contributed by atoms with Crippen LogP contribution in [0.2, 0.25) is 0 Å². The highest BCUT2D eigenvalue weighted by Crippen LogP contribution is 2.27. The van der Waals surface area contributed by atoms with Gasteiger partial charge in [-0.3, -0.25) is 14.3 Å². The number of morpholine rings is 1. The fraction of sp³-hybridized carbons (Fsp3) is 0.222. The molecule has 1 fully saturated rings. The molecule has 6 rings (SSSR count). The molecular formula is C27H24FN5O2. The summed E-state index contributed by atoms with van der Waals surface area (Å²) in [6, 6.07) is 18.0. The van der Waals surface area contributed by atoms with Crippen LogP contribution in [0.15, 0.2) is 71.8 Å². The summed E-state index contributed by atoms with van der Waals surface area (Å²) < 4.78 is 20.7. The van der Waals surface area contributed by atoms with Gasteiger partial charge in [-0.05, 0) is 47.5 Å². The fourth-order valence-electron chi connectivity index (χ4n) is 4.53. The molecule has 0 amide bonds. The Morgan fingerprint density at radius 3 is 2.54 bits per heavy atom.